The molecule has 18 heavy (non-hydrogen) atoms. The van der Waals surface area contributed by atoms with E-state index in [2.05, 4.69) is 0 Å². The standard InChI is InChI=1S/C14H16F2O2/c15-11-4-3-10(14(16)9-11)8-12(17)5-6-13-2-1-7-18-13/h3-4,9,13H,1-2,5-8H2. The Hall–Kier alpha value is -1.29. The highest BCUT2D eigenvalue weighted by molar-refractivity contribution is 5.80. The molecule has 98 valence electrons. The number of ketones is 1. The first kappa shape index (κ1) is 13.1. The zero-order chi connectivity index (χ0) is 13.0. The number of carbonyl (C=O) groups excluding carboxylic acids is 1. The molecule has 1 unspecified atom stereocenters. The normalized spacial score (nSPS) is 19.1. The summed E-state index contributed by atoms with van der Waals surface area (Å²) in [6, 6.07) is 3.31. The van der Waals surface area contributed by atoms with Crippen LogP contribution >= 0.6 is 0 Å². The van der Waals surface area contributed by atoms with Crippen molar-refractivity contribution < 1.29 is 18.3 Å². The van der Waals surface area contributed by atoms with Crippen LogP contribution in [0.4, 0.5) is 8.78 Å². The van der Waals surface area contributed by atoms with E-state index in [1.165, 1.54) is 12.1 Å². The molecular formula is C14H16F2O2. The Balaban J connectivity index is 1.82. The molecule has 1 fully saturated rings. The van der Waals surface area contributed by atoms with Crippen LogP contribution in [0.5, 0.6) is 0 Å². The Morgan fingerprint density at radius 1 is 1.39 bits per heavy atom. The second-order valence-electron chi connectivity index (χ2n) is 4.62. The highest BCUT2D eigenvalue weighted by Crippen LogP contribution is 2.18. The van der Waals surface area contributed by atoms with Gasteiger partial charge >= 0.3 is 0 Å². The van der Waals surface area contributed by atoms with Crippen molar-refractivity contribution in [3.05, 3.63) is 35.4 Å². The molecule has 0 bridgehead atoms. The Morgan fingerprint density at radius 2 is 2.22 bits per heavy atom. The van der Waals surface area contributed by atoms with Crippen molar-refractivity contribution in [1.82, 2.24) is 0 Å². The minimum atomic E-state index is -0.652. The highest BCUT2D eigenvalue weighted by atomic mass is 19.1. The molecule has 2 nitrogen and oxygen atoms in total. The highest BCUT2D eigenvalue weighted by Gasteiger charge is 2.17. The number of hydrogen-bond donors (Lipinski definition) is 0. The van der Waals surface area contributed by atoms with Crippen LogP contribution in [0.1, 0.15) is 31.2 Å². The number of carbonyl (C=O) groups is 1. The number of benzene rings is 1. The van der Waals surface area contributed by atoms with Gasteiger partial charge in [-0.1, -0.05) is 6.07 Å². The predicted molar refractivity (Wildman–Crippen MR) is 63.3 cm³/mol. The van der Waals surface area contributed by atoms with Crippen LogP contribution < -0.4 is 0 Å². The van der Waals surface area contributed by atoms with Crippen LogP contribution in [0.3, 0.4) is 0 Å². The molecule has 1 aliphatic heterocycles. The zero-order valence-electron chi connectivity index (χ0n) is 10.1. The van der Waals surface area contributed by atoms with Crippen molar-refractivity contribution in [2.75, 3.05) is 6.61 Å². The molecular weight excluding hydrogens is 238 g/mol. The molecule has 0 aliphatic carbocycles. The first-order chi connectivity index (χ1) is 8.65. The fraction of sp³-hybridized carbons (Fsp3) is 0.500. The van der Waals surface area contributed by atoms with Gasteiger partial charge in [-0.15, -0.1) is 0 Å². The molecule has 0 radical (unpaired) electrons. The van der Waals surface area contributed by atoms with Crippen molar-refractivity contribution >= 4 is 5.78 Å². The van der Waals surface area contributed by atoms with E-state index < -0.39 is 11.6 Å². The van der Waals surface area contributed by atoms with Gasteiger partial charge in [0, 0.05) is 25.5 Å². The molecule has 0 N–H and O–H groups in total. The number of ether oxygens (including phenoxy) is 1. The Bertz CT molecular complexity index is 426. The van der Waals surface area contributed by atoms with E-state index in [1.807, 2.05) is 0 Å². The summed E-state index contributed by atoms with van der Waals surface area (Å²) < 4.78 is 31.4. The maximum Gasteiger partial charge on any atom is 0.137 e. The van der Waals surface area contributed by atoms with Gasteiger partial charge in [-0.2, -0.15) is 0 Å². The second-order valence-corrected chi connectivity index (χ2v) is 4.62. The zero-order valence-corrected chi connectivity index (χ0v) is 10.1. The van der Waals surface area contributed by atoms with Crippen LogP contribution in [-0.2, 0) is 16.0 Å². The Morgan fingerprint density at radius 3 is 2.89 bits per heavy atom. The lowest BCUT2D eigenvalue weighted by Crippen LogP contribution is -2.11. The van der Waals surface area contributed by atoms with Gasteiger partial charge in [0.1, 0.15) is 17.4 Å². The third kappa shape index (κ3) is 3.60. The molecule has 1 heterocycles. The SMILES string of the molecule is O=C(CCC1CCCO1)Cc1ccc(F)cc1F. The monoisotopic (exact) mass is 254 g/mol. The molecule has 1 aromatic carbocycles. The van der Waals surface area contributed by atoms with E-state index in [0.29, 0.717) is 12.8 Å². The summed E-state index contributed by atoms with van der Waals surface area (Å²) in [7, 11) is 0. The number of rotatable bonds is 5. The summed E-state index contributed by atoms with van der Waals surface area (Å²) in [6.45, 7) is 0.769. The molecule has 2 rings (SSSR count). The first-order valence-electron chi connectivity index (χ1n) is 6.22. The van der Waals surface area contributed by atoms with Crippen molar-refractivity contribution in [3.63, 3.8) is 0 Å². The van der Waals surface area contributed by atoms with E-state index in [9.17, 15) is 13.6 Å². The number of Topliss-reactive ketones (excluding diaryl/α,β-unsaturated/α-hetero) is 1. The molecule has 0 aromatic heterocycles. The van der Waals surface area contributed by atoms with Gasteiger partial charge in [0.2, 0.25) is 0 Å². The molecule has 1 atom stereocenters. The quantitative estimate of drug-likeness (QED) is 0.807. The van der Waals surface area contributed by atoms with Crippen molar-refractivity contribution in [2.24, 2.45) is 0 Å². The maximum absolute atomic E-state index is 13.3. The van der Waals surface area contributed by atoms with Crippen LogP contribution in [0.15, 0.2) is 18.2 Å². The van der Waals surface area contributed by atoms with E-state index in [1.54, 1.807) is 0 Å². The predicted octanol–water partition coefficient (Wildman–Crippen LogP) is 3.04. The van der Waals surface area contributed by atoms with Crippen LogP contribution in [0, 0.1) is 11.6 Å². The first-order valence-corrected chi connectivity index (χ1v) is 6.22. The summed E-state index contributed by atoms with van der Waals surface area (Å²) in [5, 5.41) is 0. The van der Waals surface area contributed by atoms with E-state index in [-0.39, 0.29) is 23.9 Å². The van der Waals surface area contributed by atoms with Crippen LogP contribution in [0.2, 0.25) is 0 Å². The largest absolute Gasteiger partial charge is 0.378 e. The molecule has 1 saturated heterocycles. The maximum atomic E-state index is 13.3. The summed E-state index contributed by atoms with van der Waals surface area (Å²) >= 11 is 0. The van der Waals surface area contributed by atoms with Gasteiger partial charge in [0.05, 0.1) is 6.10 Å². The van der Waals surface area contributed by atoms with Crippen molar-refractivity contribution in [2.45, 2.75) is 38.2 Å². The summed E-state index contributed by atoms with van der Waals surface area (Å²) in [6.07, 6.45) is 3.33. The van der Waals surface area contributed by atoms with Crippen molar-refractivity contribution in [1.29, 1.82) is 0 Å². The molecule has 1 aromatic rings. The fourth-order valence-electron chi connectivity index (χ4n) is 2.16. The van der Waals surface area contributed by atoms with Crippen LogP contribution in [-0.4, -0.2) is 18.5 Å². The molecule has 0 amide bonds. The molecule has 0 saturated carbocycles. The fourth-order valence-corrected chi connectivity index (χ4v) is 2.16. The topological polar surface area (TPSA) is 26.3 Å². The number of halogens is 2. The minimum absolute atomic E-state index is 0.0266. The minimum Gasteiger partial charge on any atom is -0.378 e. The summed E-state index contributed by atoms with van der Waals surface area (Å²) in [4.78, 5) is 11.7. The van der Waals surface area contributed by atoms with E-state index in [4.69, 9.17) is 4.74 Å². The average Bonchev–Trinajstić information content (AvgIpc) is 2.83. The second kappa shape index (κ2) is 6.05. The van der Waals surface area contributed by atoms with E-state index >= 15 is 0 Å². The molecule has 4 heteroatoms. The Kier molecular flexibility index (Phi) is 4.42. The van der Waals surface area contributed by atoms with Gasteiger partial charge in [0.15, 0.2) is 0 Å². The van der Waals surface area contributed by atoms with E-state index in [0.717, 1.165) is 25.5 Å². The van der Waals surface area contributed by atoms with Gasteiger partial charge in [-0.25, -0.2) is 8.78 Å². The lowest BCUT2D eigenvalue weighted by Gasteiger charge is -2.08. The lowest BCUT2D eigenvalue weighted by molar-refractivity contribution is -0.119. The molecule has 0 spiro atoms. The smallest absolute Gasteiger partial charge is 0.137 e. The van der Waals surface area contributed by atoms with Crippen molar-refractivity contribution in [3.8, 4) is 0 Å². The van der Waals surface area contributed by atoms with Gasteiger partial charge in [-0.05, 0) is 30.9 Å². The average molecular weight is 254 g/mol. The van der Waals surface area contributed by atoms with Gasteiger partial charge < -0.3 is 4.74 Å². The van der Waals surface area contributed by atoms with Gasteiger partial charge in [-0.3, -0.25) is 4.79 Å². The Labute approximate surface area is 105 Å². The van der Waals surface area contributed by atoms with Gasteiger partial charge in [0.25, 0.3) is 0 Å². The lowest BCUT2D eigenvalue weighted by atomic mass is 10.0. The third-order valence-corrected chi connectivity index (χ3v) is 3.17. The summed E-state index contributed by atoms with van der Waals surface area (Å²) in [5.41, 5.74) is 0.258. The number of hydrogen-bond acceptors (Lipinski definition) is 2. The van der Waals surface area contributed by atoms with Crippen LogP contribution in [0.25, 0.3) is 0 Å². The summed E-state index contributed by atoms with van der Waals surface area (Å²) in [5.74, 6) is -1.31. The molecule has 1 aliphatic rings. The third-order valence-electron chi connectivity index (χ3n) is 3.17.